The second-order valence-electron chi connectivity index (χ2n) is 6.22. The van der Waals surface area contributed by atoms with Gasteiger partial charge in [0.25, 0.3) is 0 Å². The molecular weight excluding hydrogens is 322 g/mol. The summed E-state index contributed by atoms with van der Waals surface area (Å²) in [5.74, 6) is -1.21. The molecule has 1 fully saturated rings. The van der Waals surface area contributed by atoms with Crippen LogP contribution in [0.25, 0.3) is 0 Å². The van der Waals surface area contributed by atoms with Gasteiger partial charge in [-0.1, -0.05) is 6.07 Å². The molecule has 8 nitrogen and oxygen atoms in total. The number of hydrogen-bond donors (Lipinski definition) is 2. The largest absolute Gasteiger partial charge is 0.379 e. The highest BCUT2D eigenvalue weighted by atomic mass is 16.5. The number of carbonyl (C=O) groups is 2. The molecule has 1 aliphatic heterocycles. The van der Waals surface area contributed by atoms with E-state index in [1.165, 1.54) is 0 Å². The van der Waals surface area contributed by atoms with Gasteiger partial charge in [-0.2, -0.15) is 0 Å². The summed E-state index contributed by atoms with van der Waals surface area (Å²) in [6.07, 6.45) is 3.51. The summed E-state index contributed by atoms with van der Waals surface area (Å²) in [7, 11) is 3.82. The van der Waals surface area contributed by atoms with Crippen LogP contribution >= 0.6 is 0 Å². The van der Waals surface area contributed by atoms with Gasteiger partial charge in [0.1, 0.15) is 0 Å². The van der Waals surface area contributed by atoms with Crippen molar-refractivity contribution in [2.45, 2.75) is 6.04 Å². The molecule has 0 saturated carbocycles. The molecular formula is C17H27N5O3. The smallest absolute Gasteiger partial charge is 0.309 e. The van der Waals surface area contributed by atoms with Crippen LogP contribution in [0.5, 0.6) is 0 Å². The maximum atomic E-state index is 12.0. The summed E-state index contributed by atoms with van der Waals surface area (Å²) in [5.41, 5.74) is 1.01. The highest BCUT2D eigenvalue weighted by Gasteiger charge is 2.24. The molecule has 1 saturated heterocycles. The third-order valence-electron chi connectivity index (χ3n) is 4.06. The van der Waals surface area contributed by atoms with Crippen LogP contribution in [0.15, 0.2) is 24.5 Å². The summed E-state index contributed by atoms with van der Waals surface area (Å²) < 4.78 is 5.40. The molecule has 2 amide bonds. The van der Waals surface area contributed by atoms with Crippen molar-refractivity contribution in [1.82, 2.24) is 25.4 Å². The molecule has 25 heavy (non-hydrogen) atoms. The molecule has 1 aromatic heterocycles. The molecule has 0 spiro atoms. The lowest BCUT2D eigenvalue weighted by molar-refractivity contribution is -0.139. The molecule has 0 aromatic carbocycles. The third-order valence-corrected chi connectivity index (χ3v) is 4.06. The molecule has 8 heteroatoms. The minimum Gasteiger partial charge on any atom is -0.379 e. The molecule has 1 aromatic rings. The van der Waals surface area contributed by atoms with E-state index in [-0.39, 0.29) is 6.04 Å². The van der Waals surface area contributed by atoms with Crippen molar-refractivity contribution < 1.29 is 14.3 Å². The fourth-order valence-electron chi connectivity index (χ4n) is 2.66. The van der Waals surface area contributed by atoms with Crippen LogP contribution in [0.2, 0.25) is 0 Å². The van der Waals surface area contributed by atoms with Gasteiger partial charge < -0.3 is 20.3 Å². The summed E-state index contributed by atoms with van der Waals surface area (Å²) in [6, 6.07) is 3.82. The molecule has 2 heterocycles. The number of morpholine rings is 1. The summed E-state index contributed by atoms with van der Waals surface area (Å²) in [4.78, 5) is 32.2. The van der Waals surface area contributed by atoms with Crippen molar-refractivity contribution in [2.24, 2.45) is 0 Å². The van der Waals surface area contributed by atoms with Gasteiger partial charge >= 0.3 is 11.8 Å². The fourth-order valence-corrected chi connectivity index (χ4v) is 2.66. The van der Waals surface area contributed by atoms with Gasteiger partial charge in [-0.3, -0.25) is 19.5 Å². The van der Waals surface area contributed by atoms with Gasteiger partial charge in [-0.05, 0) is 25.7 Å². The monoisotopic (exact) mass is 349 g/mol. The van der Waals surface area contributed by atoms with Crippen molar-refractivity contribution >= 4 is 11.8 Å². The Labute approximate surface area is 148 Å². The van der Waals surface area contributed by atoms with Crippen molar-refractivity contribution in [3.8, 4) is 0 Å². The predicted molar refractivity (Wildman–Crippen MR) is 93.9 cm³/mol. The first-order chi connectivity index (χ1) is 12.1. The van der Waals surface area contributed by atoms with Crippen LogP contribution in [0, 0.1) is 0 Å². The molecule has 0 bridgehead atoms. The SMILES string of the molecule is CN(C)CCNC(=O)C(=O)NCC(c1cccnc1)N1CCOCC1. The van der Waals surface area contributed by atoms with E-state index in [0.717, 1.165) is 18.7 Å². The maximum absolute atomic E-state index is 12.0. The normalized spacial score (nSPS) is 16.4. The lowest BCUT2D eigenvalue weighted by Gasteiger charge is -2.34. The van der Waals surface area contributed by atoms with Gasteiger partial charge in [-0.15, -0.1) is 0 Å². The molecule has 2 N–H and O–H groups in total. The van der Waals surface area contributed by atoms with Gasteiger partial charge in [0, 0.05) is 45.1 Å². The van der Waals surface area contributed by atoms with Crippen molar-refractivity contribution in [1.29, 1.82) is 0 Å². The molecule has 0 aliphatic carbocycles. The minimum absolute atomic E-state index is 0.0314. The maximum Gasteiger partial charge on any atom is 0.309 e. The highest BCUT2D eigenvalue weighted by Crippen LogP contribution is 2.20. The highest BCUT2D eigenvalue weighted by molar-refractivity contribution is 6.35. The van der Waals surface area contributed by atoms with Gasteiger partial charge in [-0.25, -0.2) is 0 Å². The van der Waals surface area contributed by atoms with Crippen molar-refractivity contribution in [3.63, 3.8) is 0 Å². The van der Waals surface area contributed by atoms with E-state index in [0.29, 0.717) is 32.8 Å². The number of nitrogens with zero attached hydrogens (tertiary/aromatic N) is 3. The van der Waals surface area contributed by atoms with E-state index < -0.39 is 11.8 Å². The average molecular weight is 349 g/mol. The number of likely N-dealkylation sites (N-methyl/N-ethyl adjacent to an activating group) is 1. The second kappa shape index (κ2) is 10.1. The predicted octanol–water partition coefficient (Wildman–Crippen LogP) is -0.751. The average Bonchev–Trinajstić information content (AvgIpc) is 2.63. The lowest BCUT2D eigenvalue weighted by Crippen LogP contribution is -2.47. The Morgan fingerprint density at radius 3 is 2.64 bits per heavy atom. The van der Waals surface area contributed by atoms with Gasteiger partial charge in [0.15, 0.2) is 0 Å². The first kappa shape index (κ1) is 19.3. The number of aromatic nitrogens is 1. The zero-order valence-corrected chi connectivity index (χ0v) is 14.9. The third kappa shape index (κ3) is 6.41. The fraction of sp³-hybridized carbons (Fsp3) is 0.588. The Morgan fingerprint density at radius 2 is 2.00 bits per heavy atom. The summed E-state index contributed by atoms with van der Waals surface area (Å²) >= 11 is 0. The first-order valence-electron chi connectivity index (χ1n) is 8.50. The molecule has 138 valence electrons. The molecule has 1 unspecified atom stereocenters. The number of rotatable bonds is 7. The Kier molecular flexibility index (Phi) is 7.77. The van der Waals surface area contributed by atoms with E-state index in [2.05, 4.69) is 20.5 Å². The summed E-state index contributed by atoms with van der Waals surface area (Å²) in [6.45, 7) is 4.37. The van der Waals surface area contributed by atoms with Gasteiger partial charge in [0.2, 0.25) is 0 Å². The lowest BCUT2D eigenvalue weighted by atomic mass is 10.1. The van der Waals surface area contributed by atoms with E-state index in [9.17, 15) is 9.59 Å². The number of ether oxygens (including phenoxy) is 1. The van der Waals surface area contributed by atoms with Gasteiger partial charge in [0.05, 0.1) is 19.3 Å². The first-order valence-corrected chi connectivity index (χ1v) is 8.50. The van der Waals surface area contributed by atoms with Crippen LogP contribution in [0.1, 0.15) is 11.6 Å². The van der Waals surface area contributed by atoms with Crippen LogP contribution < -0.4 is 10.6 Å². The van der Waals surface area contributed by atoms with E-state index in [4.69, 9.17) is 4.74 Å². The zero-order valence-electron chi connectivity index (χ0n) is 14.9. The van der Waals surface area contributed by atoms with Crippen LogP contribution in [0.4, 0.5) is 0 Å². The van der Waals surface area contributed by atoms with Crippen LogP contribution in [-0.2, 0) is 14.3 Å². The molecule has 2 rings (SSSR count). The topological polar surface area (TPSA) is 86.8 Å². The molecule has 1 atom stereocenters. The molecule has 1 aliphatic rings. The Balaban J connectivity index is 1.90. The Hall–Kier alpha value is -2.03. The number of nitrogens with one attached hydrogen (secondary N) is 2. The second-order valence-corrected chi connectivity index (χ2v) is 6.22. The van der Waals surface area contributed by atoms with Crippen molar-refractivity contribution in [3.05, 3.63) is 30.1 Å². The van der Waals surface area contributed by atoms with E-state index in [1.807, 2.05) is 31.1 Å². The standard InChI is InChI=1S/C17H27N5O3/c1-21(2)7-6-19-16(23)17(24)20-13-15(14-4-3-5-18-12-14)22-8-10-25-11-9-22/h3-5,12,15H,6-11,13H2,1-2H3,(H,19,23)(H,20,24). The Bertz CT molecular complexity index is 546. The zero-order chi connectivity index (χ0) is 18.1. The summed E-state index contributed by atoms with van der Waals surface area (Å²) in [5, 5.41) is 5.36. The Morgan fingerprint density at radius 1 is 1.28 bits per heavy atom. The number of carbonyl (C=O) groups excluding carboxylic acids is 2. The number of hydrogen-bond acceptors (Lipinski definition) is 6. The van der Waals surface area contributed by atoms with E-state index in [1.54, 1.807) is 12.4 Å². The van der Waals surface area contributed by atoms with Crippen LogP contribution in [-0.4, -0.2) is 86.6 Å². The van der Waals surface area contributed by atoms with Crippen molar-refractivity contribution in [2.75, 3.05) is 60.0 Å². The number of amides is 2. The minimum atomic E-state index is -0.610. The number of pyridine rings is 1. The quantitative estimate of drug-likeness (QED) is 0.630. The van der Waals surface area contributed by atoms with Crippen LogP contribution in [0.3, 0.4) is 0 Å². The molecule has 0 radical (unpaired) electrons. The van der Waals surface area contributed by atoms with E-state index >= 15 is 0 Å².